The largest absolute Gasteiger partial charge is 0.496 e. The van der Waals surface area contributed by atoms with Crippen LogP contribution in [0.15, 0.2) is 27.2 Å². The van der Waals surface area contributed by atoms with Gasteiger partial charge in [0.05, 0.1) is 11.6 Å². The van der Waals surface area contributed by atoms with Gasteiger partial charge < -0.3 is 14.6 Å². The van der Waals surface area contributed by atoms with Crippen molar-refractivity contribution < 1.29 is 9.26 Å². The molecule has 0 spiro atoms. The van der Waals surface area contributed by atoms with E-state index in [2.05, 4.69) is 38.3 Å². The molecule has 2 aromatic rings. The van der Waals surface area contributed by atoms with Crippen LogP contribution in [0.3, 0.4) is 0 Å². The minimum absolute atomic E-state index is 0.302. The molecule has 1 aromatic carbocycles. The molecular weight excluding hydrogens is 310 g/mol. The van der Waals surface area contributed by atoms with E-state index in [1.165, 1.54) is 0 Å². The van der Waals surface area contributed by atoms with Gasteiger partial charge in [-0.1, -0.05) is 5.16 Å². The van der Waals surface area contributed by atoms with E-state index in [0.717, 1.165) is 15.8 Å². The Hall–Kier alpha value is -1.40. The highest BCUT2D eigenvalue weighted by Crippen LogP contribution is 2.29. The van der Waals surface area contributed by atoms with Crippen LogP contribution in [0.25, 0.3) is 11.4 Å². The van der Waals surface area contributed by atoms with Gasteiger partial charge in [0.15, 0.2) is 0 Å². The number of nitrogens with zero attached hydrogens (tertiary/aromatic N) is 2. The summed E-state index contributed by atoms with van der Waals surface area (Å²) in [5, 5.41) is 7.13. The Morgan fingerprint density at radius 1 is 1.47 bits per heavy atom. The molecule has 1 aromatic heterocycles. The number of hydrogen-bond donors (Lipinski definition) is 1. The van der Waals surface area contributed by atoms with Crippen molar-refractivity contribution in [3.8, 4) is 17.1 Å². The van der Waals surface area contributed by atoms with Gasteiger partial charge in [0, 0.05) is 18.0 Å². The summed E-state index contributed by atoms with van der Waals surface area (Å²) in [5.74, 6) is 1.99. The Morgan fingerprint density at radius 2 is 2.26 bits per heavy atom. The third-order valence-electron chi connectivity index (χ3n) is 2.85. The predicted molar refractivity (Wildman–Crippen MR) is 76.2 cm³/mol. The number of rotatable bonds is 5. The molecule has 0 saturated heterocycles. The summed E-state index contributed by atoms with van der Waals surface area (Å²) in [6, 6.07) is 5.98. The summed E-state index contributed by atoms with van der Waals surface area (Å²) in [6.07, 6.45) is 0.709. The highest BCUT2D eigenvalue weighted by Gasteiger charge is 2.12. The van der Waals surface area contributed by atoms with Gasteiger partial charge in [0.2, 0.25) is 11.7 Å². The van der Waals surface area contributed by atoms with Crippen LogP contribution in [0.2, 0.25) is 0 Å². The molecule has 0 fully saturated rings. The molecular formula is C13H16BrN3O2. The number of halogens is 1. The molecule has 1 atom stereocenters. The maximum Gasteiger partial charge on any atom is 0.228 e. The molecule has 5 nitrogen and oxygen atoms in total. The highest BCUT2D eigenvalue weighted by molar-refractivity contribution is 9.10. The molecule has 102 valence electrons. The molecule has 0 aliphatic rings. The molecule has 1 N–H and O–H groups in total. The topological polar surface area (TPSA) is 60.2 Å². The van der Waals surface area contributed by atoms with Crippen LogP contribution < -0.4 is 10.1 Å². The zero-order chi connectivity index (χ0) is 13.8. The van der Waals surface area contributed by atoms with Gasteiger partial charge in [-0.3, -0.25) is 0 Å². The third-order valence-corrected chi connectivity index (χ3v) is 3.47. The molecule has 2 rings (SSSR count). The van der Waals surface area contributed by atoms with Crippen molar-refractivity contribution in [3.05, 3.63) is 28.6 Å². The fourth-order valence-electron chi connectivity index (χ4n) is 1.62. The Balaban J connectivity index is 2.20. The van der Waals surface area contributed by atoms with Crippen molar-refractivity contribution in [2.45, 2.75) is 19.4 Å². The molecule has 1 unspecified atom stereocenters. The number of aromatic nitrogens is 2. The monoisotopic (exact) mass is 325 g/mol. The summed E-state index contributed by atoms with van der Waals surface area (Å²) in [7, 11) is 3.54. The Labute approximate surface area is 120 Å². The molecule has 0 aliphatic heterocycles. The first-order valence-electron chi connectivity index (χ1n) is 5.97. The summed E-state index contributed by atoms with van der Waals surface area (Å²) in [4.78, 5) is 4.39. The fraction of sp³-hybridized carbons (Fsp3) is 0.385. The molecule has 6 heteroatoms. The van der Waals surface area contributed by atoms with Crippen LogP contribution in [0.1, 0.15) is 12.8 Å². The summed E-state index contributed by atoms with van der Waals surface area (Å²) in [6.45, 7) is 2.06. The molecule has 1 heterocycles. The maximum atomic E-state index is 5.24. The number of likely N-dealkylation sites (N-methyl/N-ethyl adjacent to an activating group) is 1. The number of benzene rings is 1. The first-order valence-corrected chi connectivity index (χ1v) is 6.77. The lowest BCUT2D eigenvalue weighted by atomic mass is 10.2. The Kier molecular flexibility index (Phi) is 4.55. The maximum absolute atomic E-state index is 5.24. The van der Waals surface area contributed by atoms with E-state index in [-0.39, 0.29) is 0 Å². The molecule has 0 saturated carbocycles. The van der Waals surface area contributed by atoms with E-state index >= 15 is 0 Å². The highest BCUT2D eigenvalue weighted by atomic mass is 79.9. The van der Waals surface area contributed by atoms with Crippen molar-refractivity contribution in [2.75, 3.05) is 14.2 Å². The minimum Gasteiger partial charge on any atom is -0.496 e. The van der Waals surface area contributed by atoms with E-state index in [1.807, 2.05) is 25.2 Å². The number of ether oxygens (including phenoxy) is 1. The summed E-state index contributed by atoms with van der Waals surface area (Å²) >= 11 is 3.44. The second kappa shape index (κ2) is 6.16. The van der Waals surface area contributed by atoms with Crippen LogP contribution in [0.4, 0.5) is 0 Å². The third kappa shape index (κ3) is 3.33. The van der Waals surface area contributed by atoms with Crippen LogP contribution >= 0.6 is 15.9 Å². The van der Waals surface area contributed by atoms with Crippen LogP contribution in [0, 0.1) is 0 Å². The average molecular weight is 326 g/mol. The Morgan fingerprint density at radius 3 is 2.89 bits per heavy atom. The fourth-order valence-corrected chi connectivity index (χ4v) is 2.17. The second-order valence-electron chi connectivity index (χ2n) is 4.25. The Bertz CT molecular complexity index is 557. The minimum atomic E-state index is 0.302. The SMILES string of the molecule is CNC(C)Cc1nc(-c2ccc(OC)c(Br)c2)no1. The zero-order valence-corrected chi connectivity index (χ0v) is 12.7. The van der Waals surface area contributed by atoms with Crippen molar-refractivity contribution in [2.24, 2.45) is 0 Å². The van der Waals surface area contributed by atoms with Crippen LogP contribution in [-0.2, 0) is 6.42 Å². The van der Waals surface area contributed by atoms with E-state index < -0.39 is 0 Å². The van der Waals surface area contributed by atoms with Gasteiger partial charge in [0.25, 0.3) is 0 Å². The lowest BCUT2D eigenvalue weighted by molar-refractivity contribution is 0.365. The van der Waals surface area contributed by atoms with E-state index in [0.29, 0.717) is 24.2 Å². The molecule has 0 bridgehead atoms. The quantitative estimate of drug-likeness (QED) is 0.915. The number of hydrogen-bond acceptors (Lipinski definition) is 5. The first-order chi connectivity index (χ1) is 9.13. The van der Waals surface area contributed by atoms with E-state index in [1.54, 1.807) is 7.11 Å². The van der Waals surface area contributed by atoms with Crippen molar-refractivity contribution in [1.29, 1.82) is 0 Å². The van der Waals surface area contributed by atoms with Crippen LogP contribution in [0.5, 0.6) is 5.75 Å². The lowest BCUT2D eigenvalue weighted by Gasteiger charge is -2.04. The lowest BCUT2D eigenvalue weighted by Crippen LogP contribution is -2.23. The van der Waals surface area contributed by atoms with E-state index in [4.69, 9.17) is 9.26 Å². The van der Waals surface area contributed by atoms with Gasteiger partial charge in [-0.25, -0.2) is 0 Å². The number of methoxy groups -OCH3 is 1. The molecule has 0 amide bonds. The van der Waals surface area contributed by atoms with E-state index in [9.17, 15) is 0 Å². The van der Waals surface area contributed by atoms with Crippen molar-refractivity contribution in [3.63, 3.8) is 0 Å². The first kappa shape index (κ1) is 14.0. The van der Waals surface area contributed by atoms with Gasteiger partial charge in [-0.05, 0) is 48.1 Å². The summed E-state index contributed by atoms with van der Waals surface area (Å²) in [5.41, 5.74) is 0.889. The molecule has 19 heavy (non-hydrogen) atoms. The molecule has 0 radical (unpaired) electrons. The van der Waals surface area contributed by atoms with Crippen molar-refractivity contribution in [1.82, 2.24) is 15.5 Å². The molecule has 0 aliphatic carbocycles. The van der Waals surface area contributed by atoms with Gasteiger partial charge >= 0.3 is 0 Å². The van der Waals surface area contributed by atoms with Gasteiger partial charge in [-0.2, -0.15) is 4.98 Å². The van der Waals surface area contributed by atoms with Crippen LogP contribution in [-0.4, -0.2) is 30.3 Å². The standard InChI is InChI=1S/C13H16BrN3O2/c1-8(15-2)6-12-16-13(17-19-12)9-4-5-11(18-3)10(14)7-9/h4-5,7-8,15H,6H2,1-3H3. The second-order valence-corrected chi connectivity index (χ2v) is 5.11. The normalized spacial score (nSPS) is 12.4. The number of nitrogens with one attached hydrogen (secondary N) is 1. The van der Waals surface area contributed by atoms with Gasteiger partial charge in [0.1, 0.15) is 5.75 Å². The van der Waals surface area contributed by atoms with Crippen molar-refractivity contribution >= 4 is 15.9 Å². The zero-order valence-electron chi connectivity index (χ0n) is 11.1. The average Bonchev–Trinajstić information content (AvgIpc) is 2.87. The predicted octanol–water partition coefficient (Wildman–Crippen LogP) is 2.66. The van der Waals surface area contributed by atoms with Gasteiger partial charge in [-0.15, -0.1) is 0 Å². The summed E-state index contributed by atoms with van der Waals surface area (Å²) < 4.78 is 11.3. The smallest absolute Gasteiger partial charge is 0.228 e.